The van der Waals surface area contributed by atoms with Gasteiger partial charge in [0.05, 0.1) is 22.7 Å². The van der Waals surface area contributed by atoms with Gasteiger partial charge >= 0.3 is 5.97 Å². The lowest BCUT2D eigenvalue weighted by Crippen LogP contribution is -2.36. The van der Waals surface area contributed by atoms with E-state index in [0.717, 1.165) is 17.0 Å². The minimum Gasteiger partial charge on any atom is -0.497 e. The Hall–Kier alpha value is -3.74. The molecule has 1 aliphatic carbocycles. The minimum atomic E-state index is -0.641. The summed E-state index contributed by atoms with van der Waals surface area (Å²) in [4.78, 5) is 27.3. The van der Waals surface area contributed by atoms with Crippen LogP contribution >= 0.6 is 23.2 Å². The Labute approximate surface area is 243 Å². The van der Waals surface area contributed by atoms with Crippen LogP contribution in [0.5, 0.6) is 11.5 Å². The largest absolute Gasteiger partial charge is 0.497 e. The molecular formula is C32H29Cl2NO5. The molecule has 0 spiro atoms. The molecule has 3 aromatic carbocycles. The van der Waals surface area contributed by atoms with Gasteiger partial charge in [-0.1, -0.05) is 59.6 Å². The molecule has 0 fully saturated rings. The number of carbonyl (C=O) groups excluding carboxylic acids is 2. The van der Waals surface area contributed by atoms with Crippen LogP contribution in [0.2, 0.25) is 10.0 Å². The van der Waals surface area contributed by atoms with Crippen LogP contribution in [0.15, 0.2) is 95.3 Å². The van der Waals surface area contributed by atoms with E-state index in [2.05, 4.69) is 5.32 Å². The van der Waals surface area contributed by atoms with Gasteiger partial charge in [-0.25, -0.2) is 4.79 Å². The number of para-hydroxylation sites is 1. The molecule has 206 valence electrons. The molecule has 0 radical (unpaired) electrons. The first kappa shape index (κ1) is 27.8. The predicted molar refractivity (Wildman–Crippen MR) is 155 cm³/mol. The third kappa shape index (κ3) is 5.88. The molecule has 1 N–H and O–H groups in total. The van der Waals surface area contributed by atoms with Crippen molar-refractivity contribution in [2.75, 3.05) is 20.3 Å². The number of methoxy groups -OCH3 is 1. The number of dihydropyridines is 1. The van der Waals surface area contributed by atoms with Crippen LogP contribution in [0.4, 0.5) is 0 Å². The number of allylic oxidation sites excluding steroid dienone is 3. The van der Waals surface area contributed by atoms with E-state index in [4.69, 9.17) is 37.4 Å². The molecule has 5 rings (SSSR count). The molecule has 2 aliphatic rings. The standard InChI is InChI=1S/C32H29Cl2NO5/c1-19-29(32(37)40-15-14-39-24-6-4-3-5-7-24)30(21-10-13-25(33)26(34)16-21)31-27(35-19)17-22(18-28(31)36)20-8-11-23(38-2)12-9-20/h3-13,16,22,30,35H,14-15,17-18H2,1-2H3/t22-,30-/m1/s1. The van der Waals surface area contributed by atoms with Gasteiger partial charge in [-0.05, 0) is 66.8 Å². The second-order valence-corrected chi connectivity index (χ2v) is 10.6. The van der Waals surface area contributed by atoms with Gasteiger partial charge < -0.3 is 19.5 Å². The van der Waals surface area contributed by atoms with E-state index in [0.29, 0.717) is 51.0 Å². The first-order valence-electron chi connectivity index (χ1n) is 13.0. The van der Waals surface area contributed by atoms with E-state index >= 15 is 0 Å². The van der Waals surface area contributed by atoms with E-state index in [1.54, 1.807) is 25.3 Å². The average Bonchev–Trinajstić information content (AvgIpc) is 2.96. The number of ether oxygens (including phenoxy) is 3. The highest BCUT2D eigenvalue weighted by Gasteiger charge is 2.41. The van der Waals surface area contributed by atoms with Crippen molar-refractivity contribution in [2.45, 2.75) is 31.6 Å². The summed E-state index contributed by atoms with van der Waals surface area (Å²) in [5.74, 6) is 0.256. The maximum absolute atomic E-state index is 13.8. The number of rotatable bonds is 8. The molecule has 6 nitrogen and oxygen atoms in total. The highest BCUT2D eigenvalue weighted by Crippen LogP contribution is 2.46. The van der Waals surface area contributed by atoms with Crippen molar-refractivity contribution >= 4 is 35.0 Å². The number of hydrogen-bond acceptors (Lipinski definition) is 6. The Morgan fingerprint density at radius 3 is 2.33 bits per heavy atom. The fourth-order valence-electron chi connectivity index (χ4n) is 5.34. The van der Waals surface area contributed by atoms with Gasteiger partial charge in [-0.3, -0.25) is 4.79 Å². The smallest absolute Gasteiger partial charge is 0.336 e. The summed E-state index contributed by atoms with van der Waals surface area (Å²) in [7, 11) is 1.62. The lowest BCUT2D eigenvalue weighted by Gasteiger charge is -2.36. The summed E-state index contributed by atoms with van der Waals surface area (Å²) in [6.07, 6.45) is 0.937. The van der Waals surface area contributed by atoms with Gasteiger partial charge in [0.15, 0.2) is 5.78 Å². The van der Waals surface area contributed by atoms with E-state index in [-0.39, 0.29) is 24.9 Å². The van der Waals surface area contributed by atoms with Crippen molar-refractivity contribution in [3.05, 3.63) is 117 Å². The van der Waals surface area contributed by atoms with Crippen molar-refractivity contribution in [1.29, 1.82) is 0 Å². The monoisotopic (exact) mass is 577 g/mol. The van der Waals surface area contributed by atoms with Crippen molar-refractivity contribution in [3.63, 3.8) is 0 Å². The van der Waals surface area contributed by atoms with Crippen molar-refractivity contribution in [1.82, 2.24) is 5.32 Å². The Kier molecular flexibility index (Phi) is 8.48. The highest BCUT2D eigenvalue weighted by molar-refractivity contribution is 6.42. The Bertz CT molecular complexity index is 1480. The third-order valence-electron chi connectivity index (χ3n) is 7.24. The lowest BCUT2D eigenvalue weighted by molar-refractivity contribution is -0.140. The molecule has 1 aliphatic heterocycles. The van der Waals surface area contributed by atoms with Crippen LogP contribution in [-0.2, 0) is 14.3 Å². The molecule has 0 unspecified atom stereocenters. The number of ketones is 1. The summed E-state index contributed by atoms with van der Waals surface area (Å²) >= 11 is 12.6. The molecule has 0 saturated heterocycles. The second kappa shape index (κ2) is 12.2. The molecule has 1 heterocycles. The SMILES string of the molecule is COc1ccc([C@H]2CC(=O)C3=C(C2)NC(C)=C(C(=O)OCCOc2ccccc2)[C@H]3c2ccc(Cl)c(Cl)c2)cc1. The first-order valence-corrected chi connectivity index (χ1v) is 13.8. The zero-order chi connectivity index (χ0) is 28.2. The Morgan fingerprint density at radius 2 is 1.62 bits per heavy atom. The summed E-state index contributed by atoms with van der Waals surface area (Å²) in [5.41, 5.74) is 4.11. The minimum absolute atomic E-state index is 0.00412. The van der Waals surface area contributed by atoms with Crippen LogP contribution < -0.4 is 14.8 Å². The fourth-order valence-corrected chi connectivity index (χ4v) is 5.64. The molecule has 0 aromatic heterocycles. The van der Waals surface area contributed by atoms with Crippen LogP contribution in [-0.4, -0.2) is 32.1 Å². The van der Waals surface area contributed by atoms with Gasteiger partial charge in [0, 0.05) is 29.3 Å². The van der Waals surface area contributed by atoms with E-state index in [1.807, 2.05) is 61.5 Å². The quantitative estimate of drug-likeness (QED) is 0.230. The van der Waals surface area contributed by atoms with Crippen molar-refractivity contribution in [3.8, 4) is 11.5 Å². The second-order valence-electron chi connectivity index (χ2n) is 9.76. The van der Waals surface area contributed by atoms with Gasteiger partial charge in [0.2, 0.25) is 0 Å². The van der Waals surface area contributed by atoms with Gasteiger partial charge in [0.25, 0.3) is 0 Å². The number of halogens is 2. The molecule has 0 amide bonds. The third-order valence-corrected chi connectivity index (χ3v) is 7.98. The molecule has 0 saturated carbocycles. The maximum atomic E-state index is 13.8. The Balaban J connectivity index is 1.43. The molecule has 0 bridgehead atoms. The molecule has 3 aromatic rings. The normalized spacial score (nSPS) is 18.6. The number of carbonyl (C=O) groups is 2. The average molecular weight is 578 g/mol. The van der Waals surface area contributed by atoms with E-state index in [9.17, 15) is 9.59 Å². The number of nitrogens with one attached hydrogen (secondary N) is 1. The van der Waals surface area contributed by atoms with E-state index < -0.39 is 11.9 Å². The van der Waals surface area contributed by atoms with Crippen molar-refractivity contribution < 1.29 is 23.8 Å². The topological polar surface area (TPSA) is 73.9 Å². The van der Waals surface area contributed by atoms with Gasteiger partial charge in [-0.2, -0.15) is 0 Å². The summed E-state index contributed by atoms with van der Waals surface area (Å²) in [5, 5.41) is 4.11. The first-order chi connectivity index (χ1) is 19.4. The summed E-state index contributed by atoms with van der Waals surface area (Å²) in [6, 6.07) is 22.3. The van der Waals surface area contributed by atoms with Crippen LogP contribution in [0, 0.1) is 0 Å². The maximum Gasteiger partial charge on any atom is 0.336 e. The number of hydrogen-bond donors (Lipinski definition) is 1. The van der Waals surface area contributed by atoms with Crippen molar-refractivity contribution in [2.24, 2.45) is 0 Å². The summed E-state index contributed by atoms with van der Waals surface area (Å²) < 4.78 is 16.6. The lowest BCUT2D eigenvalue weighted by atomic mass is 9.71. The Morgan fingerprint density at radius 1 is 0.900 bits per heavy atom. The fraction of sp³-hybridized carbons (Fsp3) is 0.250. The zero-order valence-electron chi connectivity index (χ0n) is 22.2. The van der Waals surface area contributed by atoms with Gasteiger partial charge in [-0.15, -0.1) is 0 Å². The van der Waals surface area contributed by atoms with Crippen LogP contribution in [0.25, 0.3) is 0 Å². The van der Waals surface area contributed by atoms with E-state index in [1.165, 1.54) is 0 Å². The van der Waals surface area contributed by atoms with Gasteiger partial charge in [0.1, 0.15) is 24.7 Å². The number of esters is 1. The number of Topliss-reactive ketones (excluding diaryl/α,β-unsaturated/α-hetero) is 1. The van der Waals surface area contributed by atoms with Crippen LogP contribution in [0.1, 0.15) is 42.7 Å². The van der Waals surface area contributed by atoms with Crippen LogP contribution in [0.3, 0.4) is 0 Å². The molecule has 2 atom stereocenters. The molecular weight excluding hydrogens is 549 g/mol. The predicted octanol–water partition coefficient (Wildman–Crippen LogP) is 6.99. The molecule has 40 heavy (non-hydrogen) atoms. The zero-order valence-corrected chi connectivity index (χ0v) is 23.7. The summed E-state index contributed by atoms with van der Waals surface area (Å²) in [6.45, 7) is 2.08. The number of benzene rings is 3. The highest BCUT2D eigenvalue weighted by atomic mass is 35.5. The molecule has 8 heteroatoms.